The van der Waals surface area contributed by atoms with E-state index >= 15 is 0 Å². The fourth-order valence-corrected chi connectivity index (χ4v) is 2.50. The highest BCUT2D eigenvalue weighted by Gasteiger charge is 2.11. The van der Waals surface area contributed by atoms with Crippen molar-refractivity contribution in [1.82, 2.24) is 4.98 Å². The Morgan fingerprint density at radius 1 is 1.14 bits per heavy atom. The van der Waals surface area contributed by atoms with E-state index in [-0.39, 0.29) is 11.6 Å². The highest BCUT2D eigenvalue weighted by Crippen LogP contribution is 2.31. The quantitative estimate of drug-likeness (QED) is 0.557. The molecule has 2 aromatic carbocycles. The summed E-state index contributed by atoms with van der Waals surface area (Å²) in [6.07, 6.45) is 0. The summed E-state index contributed by atoms with van der Waals surface area (Å²) >= 11 is 9.16. The van der Waals surface area contributed by atoms with E-state index in [9.17, 15) is 4.39 Å². The Kier molecular flexibility index (Phi) is 4.08. The van der Waals surface area contributed by atoms with Gasteiger partial charge in [-0.1, -0.05) is 34.1 Å². The number of ether oxygens (including phenoxy) is 1. The van der Waals surface area contributed by atoms with Crippen LogP contribution >= 0.6 is 27.5 Å². The lowest BCUT2D eigenvalue weighted by atomic mass is 10.1. The first-order valence-electron chi connectivity index (χ1n) is 6.25. The van der Waals surface area contributed by atoms with Crippen molar-refractivity contribution in [2.24, 2.45) is 0 Å². The maximum atomic E-state index is 13.8. The van der Waals surface area contributed by atoms with Crippen LogP contribution in [0.4, 0.5) is 4.39 Å². The number of pyridine rings is 1. The van der Waals surface area contributed by atoms with Gasteiger partial charge < -0.3 is 4.74 Å². The molecule has 0 fully saturated rings. The first-order chi connectivity index (χ1) is 10.2. The van der Waals surface area contributed by atoms with Crippen LogP contribution in [0.5, 0.6) is 11.6 Å². The molecule has 0 saturated carbocycles. The normalized spacial score (nSPS) is 10.8. The highest BCUT2D eigenvalue weighted by atomic mass is 79.9. The Hall–Kier alpha value is -1.65. The van der Waals surface area contributed by atoms with E-state index < -0.39 is 5.82 Å². The predicted molar refractivity (Wildman–Crippen MR) is 85.5 cm³/mol. The van der Waals surface area contributed by atoms with Gasteiger partial charge in [0, 0.05) is 9.86 Å². The molecule has 1 aromatic heterocycles. The molecular formula is C16H10BrClFNO. The molecule has 0 atom stereocenters. The van der Waals surface area contributed by atoms with Gasteiger partial charge in [-0.25, -0.2) is 9.37 Å². The minimum Gasteiger partial charge on any atom is -0.435 e. The van der Waals surface area contributed by atoms with Crippen LogP contribution in [0.25, 0.3) is 10.8 Å². The first kappa shape index (κ1) is 14.3. The van der Waals surface area contributed by atoms with Crippen molar-refractivity contribution in [3.8, 4) is 11.6 Å². The first-order valence-corrected chi connectivity index (χ1v) is 7.57. The third kappa shape index (κ3) is 3.01. The molecule has 0 saturated heterocycles. The zero-order chi connectivity index (χ0) is 14.8. The molecule has 5 heteroatoms. The smallest absolute Gasteiger partial charge is 0.227 e. The largest absolute Gasteiger partial charge is 0.435 e. The van der Waals surface area contributed by atoms with Crippen molar-refractivity contribution in [1.29, 1.82) is 0 Å². The van der Waals surface area contributed by atoms with Gasteiger partial charge in [-0.05, 0) is 35.7 Å². The summed E-state index contributed by atoms with van der Waals surface area (Å²) in [4.78, 5) is 4.35. The second kappa shape index (κ2) is 6.00. The minimum atomic E-state index is -0.444. The third-order valence-corrected chi connectivity index (χ3v) is 3.76. The Labute approximate surface area is 134 Å². The van der Waals surface area contributed by atoms with Crippen LogP contribution in [0, 0.1) is 5.82 Å². The van der Waals surface area contributed by atoms with Crippen LogP contribution in [0.1, 0.15) is 5.69 Å². The molecule has 3 aromatic rings. The van der Waals surface area contributed by atoms with Crippen molar-refractivity contribution in [2.75, 3.05) is 0 Å². The van der Waals surface area contributed by atoms with Crippen LogP contribution in [0.2, 0.25) is 0 Å². The summed E-state index contributed by atoms with van der Waals surface area (Å²) in [5.41, 5.74) is 0.681. The Bertz CT molecular complexity index is 809. The van der Waals surface area contributed by atoms with Gasteiger partial charge in [0.25, 0.3) is 0 Å². The summed E-state index contributed by atoms with van der Waals surface area (Å²) in [7, 11) is 0. The molecule has 1 heterocycles. The van der Waals surface area contributed by atoms with Crippen molar-refractivity contribution in [3.05, 3.63) is 64.5 Å². The lowest BCUT2D eigenvalue weighted by Gasteiger charge is -2.10. The Morgan fingerprint density at radius 3 is 2.76 bits per heavy atom. The molecular weight excluding hydrogens is 357 g/mol. The molecule has 106 valence electrons. The zero-order valence-corrected chi connectivity index (χ0v) is 13.2. The molecule has 3 rings (SSSR count). The molecule has 0 radical (unpaired) electrons. The van der Waals surface area contributed by atoms with Gasteiger partial charge in [-0.15, -0.1) is 11.6 Å². The summed E-state index contributed by atoms with van der Waals surface area (Å²) in [6, 6.07) is 14.0. The number of nitrogens with zero attached hydrogens (tertiary/aromatic N) is 1. The van der Waals surface area contributed by atoms with Gasteiger partial charge in [0.15, 0.2) is 11.6 Å². The molecule has 0 aliphatic carbocycles. The average Bonchev–Trinajstić information content (AvgIpc) is 2.50. The standard InChI is InChI=1S/C16H10BrClFNO/c17-11-5-6-14(19)15(8-11)21-16-13-4-2-1-3-10(13)7-12(9-18)20-16/h1-8H,9H2. The van der Waals surface area contributed by atoms with E-state index in [0.29, 0.717) is 11.6 Å². The van der Waals surface area contributed by atoms with Gasteiger partial charge in [-0.2, -0.15) is 0 Å². The summed E-state index contributed by atoms with van der Waals surface area (Å²) in [5, 5.41) is 1.76. The van der Waals surface area contributed by atoms with Crippen molar-refractivity contribution < 1.29 is 9.13 Å². The molecule has 0 aliphatic rings. The van der Waals surface area contributed by atoms with Crippen LogP contribution < -0.4 is 4.74 Å². The van der Waals surface area contributed by atoms with E-state index in [2.05, 4.69) is 20.9 Å². The fraction of sp³-hybridized carbons (Fsp3) is 0.0625. The summed E-state index contributed by atoms with van der Waals surface area (Å²) in [6.45, 7) is 0. The maximum absolute atomic E-state index is 13.8. The van der Waals surface area contributed by atoms with Crippen LogP contribution in [0.15, 0.2) is 53.0 Å². The molecule has 21 heavy (non-hydrogen) atoms. The summed E-state index contributed by atoms with van der Waals surface area (Å²) < 4.78 is 20.2. The molecule has 0 N–H and O–H groups in total. The predicted octanol–water partition coefficient (Wildman–Crippen LogP) is 5.67. The summed E-state index contributed by atoms with van der Waals surface area (Å²) in [5.74, 6) is 0.289. The molecule has 0 amide bonds. The van der Waals surface area contributed by atoms with Gasteiger partial charge in [0.05, 0.1) is 11.6 Å². The number of rotatable bonds is 3. The Morgan fingerprint density at radius 2 is 1.95 bits per heavy atom. The lowest BCUT2D eigenvalue weighted by Crippen LogP contribution is -1.95. The zero-order valence-electron chi connectivity index (χ0n) is 10.8. The van der Waals surface area contributed by atoms with Crippen molar-refractivity contribution in [3.63, 3.8) is 0 Å². The van der Waals surface area contributed by atoms with Gasteiger partial charge >= 0.3 is 0 Å². The average molecular weight is 367 g/mol. The topological polar surface area (TPSA) is 22.1 Å². The second-order valence-corrected chi connectivity index (χ2v) is 5.63. The van der Waals surface area contributed by atoms with Gasteiger partial charge in [0.1, 0.15) is 0 Å². The number of hydrogen-bond donors (Lipinski definition) is 0. The van der Waals surface area contributed by atoms with E-state index in [1.54, 1.807) is 12.1 Å². The number of benzene rings is 2. The van der Waals surface area contributed by atoms with Crippen LogP contribution in [-0.2, 0) is 5.88 Å². The van der Waals surface area contributed by atoms with Crippen LogP contribution in [-0.4, -0.2) is 4.98 Å². The number of halogens is 3. The second-order valence-electron chi connectivity index (χ2n) is 4.45. The maximum Gasteiger partial charge on any atom is 0.227 e. The van der Waals surface area contributed by atoms with E-state index in [0.717, 1.165) is 15.2 Å². The van der Waals surface area contributed by atoms with Crippen molar-refractivity contribution in [2.45, 2.75) is 5.88 Å². The molecule has 0 aliphatic heterocycles. The number of fused-ring (bicyclic) bond motifs is 1. The number of hydrogen-bond acceptors (Lipinski definition) is 2. The third-order valence-electron chi connectivity index (χ3n) is 3.00. The monoisotopic (exact) mass is 365 g/mol. The SMILES string of the molecule is Fc1ccc(Br)cc1Oc1nc(CCl)cc2ccccc12. The number of alkyl halides is 1. The van der Waals surface area contributed by atoms with Crippen LogP contribution in [0.3, 0.4) is 0 Å². The van der Waals surface area contributed by atoms with E-state index in [4.69, 9.17) is 16.3 Å². The highest BCUT2D eigenvalue weighted by molar-refractivity contribution is 9.10. The fourth-order valence-electron chi connectivity index (χ4n) is 2.03. The molecule has 0 bridgehead atoms. The minimum absolute atomic E-state index is 0.119. The van der Waals surface area contributed by atoms with Gasteiger partial charge in [-0.3, -0.25) is 0 Å². The molecule has 2 nitrogen and oxygen atoms in total. The molecule has 0 unspecified atom stereocenters. The number of aromatic nitrogens is 1. The molecule has 0 spiro atoms. The lowest BCUT2D eigenvalue weighted by molar-refractivity contribution is 0.431. The Balaban J connectivity index is 2.13. The van der Waals surface area contributed by atoms with Crippen molar-refractivity contribution >= 4 is 38.3 Å². The van der Waals surface area contributed by atoms with E-state index in [1.807, 2.05) is 30.3 Å². The van der Waals surface area contributed by atoms with E-state index in [1.165, 1.54) is 6.07 Å². The van der Waals surface area contributed by atoms with Gasteiger partial charge in [0.2, 0.25) is 5.88 Å².